The second-order valence-corrected chi connectivity index (χ2v) is 4.55. The highest BCUT2D eigenvalue weighted by molar-refractivity contribution is 5.54. The third-order valence-corrected chi connectivity index (χ3v) is 2.99. The molecule has 0 unspecified atom stereocenters. The molecule has 0 amide bonds. The largest absolute Gasteiger partial charge is 0.360 e. The van der Waals surface area contributed by atoms with E-state index in [9.17, 15) is 0 Å². The highest BCUT2D eigenvalue weighted by Crippen LogP contribution is 2.15. The summed E-state index contributed by atoms with van der Waals surface area (Å²) in [4.78, 5) is 12.4. The van der Waals surface area contributed by atoms with Crippen molar-refractivity contribution < 1.29 is 0 Å². The summed E-state index contributed by atoms with van der Waals surface area (Å²) < 4.78 is 0. The molecule has 0 fully saturated rings. The van der Waals surface area contributed by atoms with Crippen molar-refractivity contribution in [2.75, 3.05) is 0 Å². The predicted molar refractivity (Wildman–Crippen MR) is 75.8 cm³/mol. The Morgan fingerprint density at radius 2 is 1.68 bits per heavy atom. The van der Waals surface area contributed by atoms with Crippen LogP contribution in [0.4, 0.5) is 0 Å². The van der Waals surface area contributed by atoms with Gasteiger partial charge in [0, 0.05) is 29.7 Å². The summed E-state index contributed by atoms with van der Waals surface area (Å²) in [6.07, 6.45) is 2.67. The average molecular weight is 249 g/mol. The highest BCUT2D eigenvalue weighted by atomic mass is 14.8. The third kappa shape index (κ3) is 2.71. The van der Waals surface area contributed by atoms with Gasteiger partial charge >= 0.3 is 0 Å². The number of hydrogen-bond donors (Lipinski definition) is 1. The summed E-state index contributed by atoms with van der Waals surface area (Å²) in [5, 5.41) is 0. The molecule has 3 aromatic rings. The minimum Gasteiger partial charge on any atom is -0.360 e. The molecule has 0 radical (unpaired) electrons. The van der Waals surface area contributed by atoms with Gasteiger partial charge in [0.25, 0.3) is 0 Å². The van der Waals surface area contributed by atoms with Gasteiger partial charge in [-0.05, 0) is 43.3 Å². The summed E-state index contributed by atoms with van der Waals surface area (Å²) in [6.45, 7) is 2.01. The van der Waals surface area contributed by atoms with Gasteiger partial charge in [-0.1, -0.05) is 12.1 Å². The quantitative estimate of drug-likeness (QED) is 0.773. The van der Waals surface area contributed by atoms with Crippen molar-refractivity contribution in [2.24, 2.45) is 0 Å². The van der Waals surface area contributed by atoms with E-state index in [1.165, 1.54) is 0 Å². The van der Waals surface area contributed by atoms with E-state index >= 15 is 0 Å². The third-order valence-electron chi connectivity index (χ3n) is 2.99. The van der Waals surface area contributed by atoms with Gasteiger partial charge < -0.3 is 4.98 Å². The molecular weight excluding hydrogens is 234 g/mol. The van der Waals surface area contributed by atoms with Crippen LogP contribution in [0.15, 0.2) is 54.7 Å². The lowest BCUT2D eigenvalue weighted by atomic mass is 10.1. The Bertz CT molecular complexity index is 672. The first kappa shape index (κ1) is 11.7. The molecule has 3 heterocycles. The molecule has 0 aliphatic carbocycles. The summed E-state index contributed by atoms with van der Waals surface area (Å²) in [7, 11) is 0. The molecule has 0 aromatic carbocycles. The zero-order chi connectivity index (χ0) is 13.1. The van der Waals surface area contributed by atoms with Crippen LogP contribution >= 0.6 is 0 Å². The Hall–Kier alpha value is -2.42. The summed E-state index contributed by atoms with van der Waals surface area (Å²) in [5.74, 6) is 0. The first-order valence-corrected chi connectivity index (χ1v) is 6.33. The van der Waals surface area contributed by atoms with Crippen molar-refractivity contribution in [1.82, 2.24) is 15.0 Å². The van der Waals surface area contributed by atoms with Gasteiger partial charge in [-0.3, -0.25) is 9.97 Å². The maximum Gasteiger partial charge on any atom is 0.0867 e. The standard InChI is InChI=1S/C16H15N3/c1-12-5-2-6-13(18-12)11-14-7-3-8-16(19-14)15-9-4-10-17-15/h2-10,17H,11H2,1H3. The first-order chi connectivity index (χ1) is 9.31. The second-order valence-electron chi connectivity index (χ2n) is 4.55. The fourth-order valence-corrected chi connectivity index (χ4v) is 2.10. The monoisotopic (exact) mass is 249 g/mol. The Morgan fingerprint density at radius 1 is 0.895 bits per heavy atom. The Balaban J connectivity index is 1.88. The molecule has 19 heavy (non-hydrogen) atoms. The van der Waals surface area contributed by atoms with E-state index in [0.717, 1.165) is 34.9 Å². The summed E-state index contributed by atoms with van der Waals surface area (Å²) in [5.41, 5.74) is 5.13. The number of nitrogens with one attached hydrogen (secondary N) is 1. The minimum atomic E-state index is 0.760. The SMILES string of the molecule is Cc1cccc(Cc2cccc(-c3ccc[nH]3)n2)n1. The zero-order valence-corrected chi connectivity index (χ0v) is 10.8. The number of aromatic amines is 1. The van der Waals surface area contributed by atoms with E-state index in [1.54, 1.807) is 0 Å². The minimum absolute atomic E-state index is 0.760. The molecule has 3 heteroatoms. The highest BCUT2D eigenvalue weighted by Gasteiger charge is 2.03. The van der Waals surface area contributed by atoms with Gasteiger partial charge in [-0.2, -0.15) is 0 Å². The van der Waals surface area contributed by atoms with Crippen LogP contribution in [-0.2, 0) is 6.42 Å². The number of aromatic nitrogens is 3. The molecule has 0 atom stereocenters. The van der Waals surface area contributed by atoms with Gasteiger partial charge in [-0.15, -0.1) is 0 Å². The van der Waals surface area contributed by atoms with E-state index in [2.05, 4.69) is 15.0 Å². The van der Waals surface area contributed by atoms with Gasteiger partial charge in [0.1, 0.15) is 0 Å². The zero-order valence-electron chi connectivity index (χ0n) is 10.8. The predicted octanol–water partition coefficient (Wildman–Crippen LogP) is 3.37. The van der Waals surface area contributed by atoms with Crippen LogP contribution in [-0.4, -0.2) is 15.0 Å². The molecule has 1 N–H and O–H groups in total. The van der Waals surface area contributed by atoms with Crippen LogP contribution in [0.2, 0.25) is 0 Å². The fourth-order valence-electron chi connectivity index (χ4n) is 2.10. The van der Waals surface area contributed by atoms with Gasteiger partial charge in [-0.25, -0.2) is 0 Å². The van der Waals surface area contributed by atoms with E-state index < -0.39 is 0 Å². The number of rotatable bonds is 3. The molecule has 3 rings (SSSR count). The second kappa shape index (κ2) is 5.06. The Kier molecular flexibility index (Phi) is 3.11. The van der Waals surface area contributed by atoms with Crippen LogP contribution in [0.5, 0.6) is 0 Å². The van der Waals surface area contributed by atoms with E-state index in [-0.39, 0.29) is 0 Å². The molecular formula is C16H15N3. The molecule has 0 bridgehead atoms. The number of pyridine rings is 2. The van der Waals surface area contributed by atoms with Crippen LogP contribution in [0.3, 0.4) is 0 Å². The summed E-state index contributed by atoms with van der Waals surface area (Å²) >= 11 is 0. The van der Waals surface area contributed by atoms with Crippen LogP contribution in [0, 0.1) is 6.92 Å². The van der Waals surface area contributed by atoms with Gasteiger partial charge in [0.2, 0.25) is 0 Å². The smallest absolute Gasteiger partial charge is 0.0867 e. The van der Waals surface area contributed by atoms with Crippen molar-refractivity contribution in [3.63, 3.8) is 0 Å². The fraction of sp³-hybridized carbons (Fsp3) is 0.125. The van der Waals surface area contributed by atoms with E-state index in [4.69, 9.17) is 0 Å². The number of hydrogen-bond acceptors (Lipinski definition) is 2. The van der Waals surface area contributed by atoms with Crippen molar-refractivity contribution in [3.8, 4) is 11.4 Å². The topological polar surface area (TPSA) is 41.6 Å². The van der Waals surface area contributed by atoms with Crippen LogP contribution in [0.25, 0.3) is 11.4 Å². The molecule has 0 aliphatic rings. The normalized spacial score (nSPS) is 10.6. The maximum atomic E-state index is 4.67. The van der Waals surface area contributed by atoms with Gasteiger partial charge in [0.05, 0.1) is 11.4 Å². The Morgan fingerprint density at radius 3 is 2.42 bits per heavy atom. The van der Waals surface area contributed by atoms with E-state index in [1.807, 2.05) is 61.7 Å². The van der Waals surface area contributed by atoms with Crippen molar-refractivity contribution in [2.45, 2.75) is 13.3 Å². The molecule has 0 spiro atoms. The van der Waals surface area contributed by atoms with Crippen LogP contribution < -0.4 is 0 Å². The van der Waals surface area contributed by atoms with E-state index in [0.29, 0.717) is 0 Å². The van der Waals surface area contributed by atoms with Crippen molar-refractivity contribution in [3.05, 3.63) is 71.8 Å². The van der Waals surface area contributed by atoms with Crippen molar-refractivity contribution in [1.29, 1.82) is 0 Å². The molecule has 0 aliphatic heterocycles. The molecule has 0 saturated heterocycles. The molecule has 3 nitrogen and oxygen atoms in total. The molecule has 3 aromatic heterocycles. The lowest BCUT2D eigenvalue weighted by molar-refractivity contribution is 0.992. The number of H-pyrrole nitrogens is 1. The maximum absolute atomic E-state index is 4.67. The lowest BCUT2D eigenvalue weighted by Crippen LogP contribution is -1.97. The number of aryl methyl sites for hydroxylation is 1. The van der Waals surface area contributed by atoms with Crippen molar-refractivity contribution >= 4 is 0 Å². The first-order valence-electron chi connectivity index (χ1n) is 6.33. The molecule has 0 saturated carbocycles. The Labute approximate surface area is 112 Å². The van der Waals surface area contributed by atoms with Gasteiger partial charge in [0.15, 0.2) is 0 Å². The lowest BCUT2D eigenvalue weighted by Gasteiger charge is -2.04. The summed E-state index contributed by atoms with van der Waals surface area (Å²) in [6, 6.07) is 16.2. The van der Waals surface area contributed by atoms with Crippen LogP contribution in [0.1, 0.15) is 17.1 Å². The molecule has 94 valence electrons. The average Bonchev–Trinajstić information content (AvgIpc) is 2.93. The number of nitrogens with zero attached hydrogens (tertiary/aromatic N) is 2.